The van der Waals surface area contributed by atoms with Crippen molar-refractivity contribution >= 4 is 24.0 Å². The Bertz CT molecular complexity index is 595. The molecule has 5 nitrogen and oxygen atoms in total. The second kappa shape index (κ2) is 6.74. The number of carbonyl (C=O) groups excluding carboxylic acids is 1. The van der Waals surface area contributed by atoms with E-state index in [1.54, 1.807) is 10.9 Å². The second-order valence-corrected chi connectivity index (χ2v) is 5.21. The van der Waals surface area contributed by atoms with E-state index in [0.29, 0.717) is 5.92 Å². The van der Waals surface area contributed by atoms with Crippen molar-refractivity contribution in [1.29, 1.82) is 0 Å². The van der Waals surface area contributed by atoms with E-state index < -0.39 is 0 Å². The van der Waals surface area contributed by atoms with Crippen LogP contribution in [-0.2, 0) is 4.79 Å². The maximum absolute atomic E-state index is 12.1. The first-order valence-corrected chi connectivity index (χ1v) is 6.86. The van der Waals surface area contributed by atoms with E-state index in [9.17, 15) is 4.79 Å². The van der Waals surface area contributed by atoms with Crippen LogP contribution in [0, 0.1) is 11.8 Å². The van der Waals surface area contributed by atoms with Gasteiger partial charge in [-0.15, -0.1) is 12.4 Å². The number of amides is 1. The number of anilines is 1. The summed E-state index contributed by atoms with van der Waals surface area (Å²) in [5.74, 6) is 0.527. The molecule has 1 amide bonds. The van der Waals surface area contributed by atoms with Gasteiger partial charge in [-0.1, -0.05) is 25.1 Å². The summed E-state index contributed by atoms with van der Waals surface area (Å²) < 4.78 is 1.76. The van der Waals surface area contributed by atoms with E-state index in [1.165, 1.54) is 0 Å². The number of carbonyl (C=O) groups is 1. The van der Waals surface area contributed by atoms with Crippen molar-refractivity contribution in [1.82, 2.24) is 15.1 Å². The zero-order valence-electron chi connectivity index (χ0n) is 11.8. The third-order valence-electron chi connectivity index (χ3n) is 3.80. The summed E-state index contributed by atoms with van der Waals surface area (Å²) in [5.41, 5.74) is 1.71. The predicted octanol–water partition coefficient (Wildman–Crippen LogP) is 2.09. The van der Waals surface area contributed by atoms with Gasteiger partial charge in [0.15, 0.2) is 0 Å². The van der Waals surface area contributed by atoms with Gasteiger partial charge in [-0.05, 0) is 31.1 Å². The van der Waals surface area contributed by atoms with Crippen LogP contribution in [0.4, 0.5) is 5.69 Å². The molecule has 0 aliphatic carbocycles. The number of para-hydroxylation sites is 1. The molecule has 1 unspecified atom stereocenters. The van der Waals surface area contributed by atoms with E-state index >= 15 is 0 Å². The zero-order chi connectivity index (χ0) is 13.9. The number of nitrogens with one attached hydrogen (secondary N) is 2. The van der Waals surface area contributed by atoms with Gasteiger partial charge in [0.2, 0.25) is 5.91 Å². The Labute approximate surface area is 130 Å². The number of halogens is 1. The van der Waals surface area contributed by atoms with Crippen molar-refractivity contribution in [2.75, 3.05) is 18.4 Å². The molecule has 0 radical (unpaired) electrons. The SMILES string of the molecule is CC(C(=O)Nc1cnn(-c2ccccc2)c1)C1CNC1.Cl. The highest BCUT2D eigenvalue weighted by atomic mass is 35.5. The Hall–Kier alpha value is -1.85. The summed E-state index contributed by atoms with van der Waals surface area (Å²) in [6.07, 6.45) is 3.51. The molecule has 2 heterocycles. The van der Waals surface area contributed by atoms with Crippen LogP contribution in [0.1, 0.15) is 6.92 Å². The summed E-state index contributed by atoms with van der Waals surface area (Å²) in [5, 5.41) is 10.4. The highest BCUT2D eigenvalue weighted by molar-refractivity contribution is 5.92. The van der Waals surface area contributed by atoms with Crippen molar-refractivity contribution in [3.63, 3.8) is 0 Å². The first-order chi connectivity index (χ1) is 9.74. The standard InChI is InChI=1S/C15H18N4O.ClH/c1-11(12-7-16-8-12)15(20)18-13-9-17-19(10-13)14-5-3-2-4-6-14;/h2-6,9-12,16H,7-8H2,1H3,(H,18,20);1H. The van der Waals surface area contributed by atoms with E-state index in [2.05, 4.69) is 15.7 Å². The Balaban J connectivity index is 0.00000161. The van der Waals surface area contributed by atoms with Crippen molar-refractivity contribution in [2.24, 2.45) is 11.8 Å². The topological polar surface area (TPSA) is 59.0 Å². The van der Waals surface area contributed by atoms with Crippen LogP contribution >= 0.6 is 12.4 Å². The molecule has 0 bridgehead atoms. The van der Waals surface area contributed by atoms with Gasteiger partial charge in [0.05, 0.1) is 23.8 Å². The van der Waals surface area contributed by atoms with Gasteiger partial charge in [0, 0.05) is 5.92 Å². The normalized spacial score (nSPS) is 15.7. The minimum atomic E-state index is 0. The Kier molecular flexibility index (Phi) is 4.98. The highest BCUT2D eigenvalue weighted by Gasteiger charge is 2.28. The van der Waals surface area contributed by atoms with Gasteiger partial charge in [-0.25, -0.2) is 4.68 Å². The quantitative estimate of drug-likeness (QED) is 0.909. The van der Waals surface area contributed by atoms with E-state index in [1.807, 2.05) is 43.5 Å². The van der Waals surface area contributed by atoms with Crippen LogP contribution in [0.3, 0.4) is 0 Å². The van der Waals surface area contributed by atoms with Crippen LogP contribution < -0.4 is 10.6 Å². The molecular formula is C15H19ClN4O. The van der Waals surface area contributed by atoms with Crippen LogP contribution in [0.25, 0.3) is 5.69 Å². The van der Waals surface area contributed by atoms with Crippen molar-refractivity contribution in [3.8, 4) is 5.69 Å². The third-order valence-corrected chi connectivity index (χ3v) is 3.80. The van der Waals surface area contributed by atoms with Crippen molar-refractivity contribution < 1.29 is 4.79 Å². The molecular weight excluding hydrogens is 288 g/mol. The molecule has 1 atom stereocenters. The lowest BCUT2D eigenvalue weighted by atomic mass is 9.88. The monoisotopic (exact) mass is 306 g/mol. The van der Waals surface area contributed by atoms with Gasteiger partial charge >= 0.3 is 0 Å². The summed E-state index contributed by atoms with van der Waals surface area (Å²) in [6, 6.07) is 9.83. The molecule has 21 heavy (non-hydrogen) atoms. The molecule has 1 aliphatic rings. The summed E-state index contributed by atoms with van der Waals surface area (Å²) in [4.78, 5) is 12.1. The number of nitrogens with zero attached hydrogens (tertiary/aromatic N) is 2. The van der Waals surface area contributed by atoms with Crippen LogP contribution in [-0.4, -0.2) is 28.8 Å². The molecule has 0 saturated carbocycles. The summed E-state index contributed by atoms with van der Waals surface area (Å²) in [6.45, 7) is 3.83. The lowest BCUT2D eigenvalue weighted by molar-refractivity contribution is -0.121. The van der Waals surface area contributed by atoms with Crippen LogP contribution in [0.15, 0.2) is 42.7 Å². The molecule has 3 rings (SSSR count). The van der Waals surface area contributed by atoms with Crippen LogP contribution in [0.5, 0.6) is 0 Å². The van der Waals surface area contributed by atoms with Gasteiger partial charge < -0.3 is 10.6 Å². The zero-order valence-corrected chi connectivity index (χ0v) is 12.6. The van der Waals surface area contributed by atoms with E-state index in [-0.39, 0.29) is 24.2 Å². The average molecular weight is 307 g/mol. The molecule has 1 aromatic carbocycles. The average Bonchev–Trinajstić information content (AvgIpc) is 2.86. The van der Waals surface area contributed by atoms with Gasteiger partial charge in [-0.2, -0.15) is 5.10 Å². The Morgan fingerprint density at radius 3 is 2.71 bits per heavy atom. The van der Waals surface area contributed by atoms with Gasteiger partial charge in [0.25, 0.3) is 0 Å². The molecule has 0 spiro atoms. The molecule has 1 aliphatic heterocycles. The van der Waals surface area contributed by atoms with E-state index in [0.717, 1.165) is 24.5 Å². The highest BCUT2D eigenvalue weighted by Crippen LogP contribution is 2.18. The third kappa shape index (κ3) is 3.43. The number of benzene rings is 1. The van der Waals surface area contributed by atoms with Gasteiger partial charge in [0.1, 0.15) is 0 Å². The maximum atomic E-state index is 12.1. The molecule has 6 heteroatoms. The second-order valence-electron chi connectivity index (χ2n) is 5.21. The number of hydrogen-bond donors (Lipinski definition) is 2. The minimum absolute atomic E-state index is 0. The molecule has 1 fully saturated rings. The lowest BCUT2D eigenvalue weighted by Crippen LogP contribution is -2.48. The fourth-order valence-electron chi connectivity index (χ4n) is 2.24. The Morgan fingerprint density at radius 1 is 1.38 bits per heavy atom. The largest absolute Gasteiger partial charge is 0.323 e. The van der Waals surface area contributed by atoms with Crippen molar-refractivity contribution in [3.05, 3.63) is 42.7 Å². The number of hydrogen-bond acceptors (Lipinski definition) is 3. The molecule has 2 N–H and O–H groups in total. The molecule has 2 aromatic rings. The summed E-state index contributed by atoms with van der Waals surface area (Å²) >= 11 is 0. The lowest BCUT2D eigenvalue weighted by Gasteiger charge is -2.31. The van der Waals surface area contributed by atoms with E-state index in [4.69, 9.17) is 0 Å². The first-order valence-electron chi connectivity index (χ1n) is 6.86. The summed E-state index contributed by atoms with van der Waals surface area (Å²) in [7, 11) is 0. The molecule has 1 aromatic heterocycles. The van der Waals surface area contributed by atoms with Gasteiger partial charge in [-0.3, -0.25) is 4.79 Å². The minimum Gasteiger partial charge on any atom is -0.323 e. The van der Waals surface area contributed by atoms with Crippen molar-refractivity contribution in [2.45, 2.75) is 6.92 Å². The fourth-order valence-corrected chi connectivity index (χ4v) is 2.24. The smallest absolute Gasteiger partial charge is 0.227 e. The number of rotatable bonds is 4. The predicted molar refractivity (Wildman–Crippen MR) is 85.0 cm³/mol. The Morgan fingerprint density at radius 2 is 2.10 bits per heavy atom. The first kappa shape index (κ1) is 15.5. The van der Waals surface area contributed by atoms with Crippen LogP contribution in [0.2, 0.25) is 0 Å². The number of aromatic nitrogens is 2. The maximum Gasteiger partial charge on any atom is 0.227 e. The fraction of sp³-hybridized carbons (Fsp3) is 0.333. The molecule has 112 valence electrons. The molecule has 1 saturated heterocycles.